The van der Waals surface area contributed by atoms with E-state index in [0.29, 0.717) is 23.1 Å². The number of amides is 2. The first-order valence-electron chi connectivity index (χ1n) is 14.9. The predicted octanol–water partition coefficient (Wildman–Crippen LogP) is 6.04. The number of hydrogen-bond acceptors (Lipinski definition) is 4. The van der Waals surface area contributed by atoms with Gasteiger partial charge in [0.2, 0.25) is 0 Å². The molecule has 2 N–H and O–H groups in total. The van der Waals surface area contributed by atoms with Gasteiger partial charge in [0.15, 0.2) is 0 Å². The molecule has 5 rings (SSSR count). The van der Waals surface area contributed by atoms with Crippen LogP contribution in [0.3, 0.4) is 0 Å². The largest absolute Gasteiger partial charge is 0.465 e. The highest BCUT2D eigenvalue weighted by Crippen LogP contribution is 2.37. The number of carbonyl (C=O) groups excluding carboxylic acids is 1. The summed E-state index contributed by atoms with van der Waals surface area (Å²) in [5.41, 5.74) is 3.19. The lowest BCUT2D eigenvalue weighted by Crippen LogP contribution is -2.38. The van der Waals surface area contributed by atoms with Gasteiger partial charge in [0.25, 0.3) is 5.91 Å². The standard InChI is InChI=1S/C32H42FN5O3/c1-21(2)36(3)31(39)27-18-24(33)6-9-29(27)38-20-28(26-10-14-34-19-30(26)38)23-12-16-37(17-13-23)15-11-22-4-7-25(8-5-22)35-32(40)41/h6,9-10,14,18-23,25,35H,4-5,7-8,11-13,15-17H2,1-3H3,(H,40,41). The van der Waals surface area contributed by atoms with Gasteiger partial charge < -0.3 is 24.8 Å². The molecule has 1 aromatic carbocycles. The SMILES string of the molecule is CC(C)N(C)C(=O)c1cc(F)ccc1-n1cc(C2CCN(CCC3CCC(NC(=O)O)CC3)CC2)c2ccncc21. The normalized spacial score (nSPS) is 20.4. The maximum Gasteiger partial charge on any atom is 0.404 e. The molecular formula is C32H42FN5O3. The molecule has 8 nitrogen and oxygen atoms in total. The van der Waals surface area contributed by atoms with Crippen molar-refractivity contribution in [3.63, 3.8) is 0 Å². The molecule has 0 unspecified atom stereocenters. The minimum absolute atomic E-state index is 0.00796. The Bertz CT molecular complexity index is 1370. The number of halogens is 1. The molecule has 2 aromatic heterocycles. The summed E-state index contributed by atoms with van der Waals surface area (Å²) < 4.78 is 16.4. The number of aromatic nitrogens is 2. The molecule has 3 aromatic rings. The molecule has 1 saturated heterocycles. The highest BCUT2D eigenvalue weighted by Gasteiger charge is 2.27. The fraction of sp³-hybridized carbons (Fsp3) is 0.531. The van der Waals surface area contributed by atoms with Crippen molar-refractivity contribution in [3.05, 3.63) is 59.8 Å². The van der Waals surface area contributed by atoms with Crippen LogP contribution in [0.2, 0.25) is 0 Å². The quantitative estimate of drug-likeness (QED) is 0.349. The zero-order valence-corrected chi connectivity index (χ0v) is 24.4. The van der Waals surface area contributed by atoms with Crippen LogP contribution in [0.15, 0.2) is 42.9 Å². The molecule has 0 spiro atoms. The van der Waals surface area contributed by atoms with E-state index in [1.807, 2.05) is 36.9 Å². The second-order valence-electron chi connectivity index (χ2n) is 12.1. The molecule has 0 radical (unpaired) electrons. The third kappa shape index (κ3) is 6.56. The van der Waals surface area contributed by atoms with Gasteiger partial charge >= 0.3 is 6.09 Å². The topological polar surface area (TPSA) is 90.7 Å². The minimum atomic E-state index is -0.916. The zero-order chi connectivity index (χ0) is 29.1. The summed E-state index contributed by atoms with van der Waals surface area (Å²) in [5.74, 6) is 0.434. The fourth-order valence-corrected chi connectivity index (χ4v) is 6.54. The molecule has 0 atom stereocenters. The number of carbonyl (C=O) groups is 2. The Balaban J connectivity index is 1.28. The van der Waals surface area contributed by atoms with Crippen LogP contribution in [0.25, 0.3) is 16.6 Å². The Morgan fingerprint density at radius 2 is 1.85 bits per heavy atom. The van der Waals surface area contributed by atoms with Crippen LogP contribution in [-0.2, 0) is 0 Å². The summed E-state index contributed by atoms with van der Waals surface area (Å²) >= 11 is 0. The number of piperidine rings is 1. The van der Waals surface area contributed by atoms with Gasteiger partial charge in [0, 0.05) is 36.9 Å². The Hall–Kier alpha value is -3.46. The van der Waals surface area contributed by atoms with Crippen LogP contribution in [0.5, 0.6) is 0 Å². The van der Waals surface area contributed by atoms with E-state index in [2.05, 4.69) is 21.4 Å². The number of hydrogen-bond donors (Lipinski definition) is 2. The summed E-state index contributed by atoms with van der Waals surface area (Å²) in [6.07, 6.45) is 12.2. The molecule has 3 heterocycles. The monoisotopic (exact) mass is 563 g/mol. The van der Waals surface area contributed by atoms with Crippen LogP contribution in [0.4, 0.5) is 9.18 Å². The lowest BCUT2D eigenvalue weighted by molar-refractivity contribution is 0.0754. The molecule has 220 valence electrons. The Morgan fingerprint density at radius 3 is 2.54 bits per heavy atom. The van der Waals surface area contributed by atoms with E-state index in [-0.39, 0.29) is 18.0 Å². The van der Waals surface area contributed by atoms with Gasteiger partial charge in [-0.25, -0.2) is 9.18 Å². The number of pyridine rings is 1. The van der Waals surface area contributed by atoms with E-state index in [1.165, 1.54) is 24.1 Å². The first kappa shape index (κ1) is 29.0. The van der Waals surface area contributed by atoms with Crippen LogP contribution in [0.1, 0.15) is 80.6 Å². The number of likely N-dealkylation sites (tertiary alicyclic amines) is 1. The summed E-state index contributed by atoms with van der Waals surface area (Å²) in [4.78, 5) is 32.8. The van der Waals surface area contributed by atoms with Gasteiger partial charge in [-0.05, 0) is 120 Å². The van der Waals surface area contributed by atoms with E-state index in [1.54, 1.807) is 18.0 Å². The molecule has 41 heavy (non-hydrogen) atoms. The molecule has 9 heteroatoms. The highest BCUT2D eigenvalue weighted by molar-refractivity contribution is 5.99. The highest BCUT2D eigenvalue weighted by atomic mass is 19.1. The molecule has 1 aliphatic heterocycles. The molecule has 2 aliphatic rings. The number of rotatable bonds is 8. The average Bonchev–Trinajstić information content (AvgIpc) is 3.35. The Kier molecular flexibility index (Phi) is 8.92. The summed E-state index contributed by atoms with van der Waals surface area (Å²) in [6, 6.07) is 6.60. The molecular weight excluding hydrogens is 521 g/mol. The maximum absolute atomic E-state index is 14.4. The number of carboxylic acid groups (broad SMARTS) is 1. The van der Waals surface area contributed by atoms with Crippen LogP contribution >= 0.6 is 0 Å². The van der Waals surface area contributed by atoms with Crippen LogP contribution < -0.4 is 5.32 Å². The third-order valence-corrected chi connectivity index (χ3v) is 9.24. The van der Waals surface area contributed by atoms with E-state index >= 15 is 0 Å². The van der Waals surface area contributed by atoms with Gasteiger partial charge in [-0.15, -0.1) is 0 Å². The van der Waals surface area contributed by atoms with E-state index in [0.717, 1.165) is 69.1 Å². The van der Waals surface area contributed by atoms with Crippen molar-refractivity contribution < 1.29 is 19.1 Å². The lowest BCUT2D eigenvalue weighted by Gasteiger charge is -2.34. The number of nitrogens with zero attached hydrogens (tertiary/aromatic N) is 4. The van der Waals surface area contributed by atoms with Crippen molar-refractivity contribution in [1.82, 2.24) is 24.7 Å². The van der Waals surface area contributed by atoms with Crippen molar-refractivity contribution in [1.29, 1.82) is 0 Å². The van der Waals surface area contributed by atoms with Crippen molar-refractivity contribution in [3.8, 4) is 5.69 Å². The third-order valence-electron chi connectivity index (χ3n) is 9.24. The second kappa shape index (κ2) is 12.6. The van der Waals surface area contributed by atoms with Crippen molar-refractivity contribution in [2.75, 3.05) is 26.7 Å². The first-order chi connectivity index (χ1) is 19.7. The van der Waals surface area contributed by atoms with Gasteiger partial charge in [-0.3, -0.25) is 9.78 Å². The fourth-order valence-electron chi connectivity index (χ4n) is 6.54. The van der Waals surface area contributed by atoms with Crippen LogP contribution in [0, 0.1) is 11.7 Å². The first-order valence-corrected chi connectivity index (χ1v) is 14.9. The minimum Gasteiger partial charge on any atom is -0.465 e. The molecule has 2 fully saturated rings. The Labute approximate surface area is 241 Å². The van der Waals surface area contributed by atoms with Crippen molar-refractivity contribution in [2.45, 2.75) is 76.8 Å². The van der Waals surface area contributed by atoms with E-state index in [4.69, 9.17) is 5.11 Å². The van der Waals surface area contributed by atoms with Crippen LogP contribution in [-0.4, -0.2) is 75.2 Å². The van der Waals surface area contributed by atoms with Gasteiger partial charge in [-0.1, -0.05) is 0 Å². The molecule has 0 bridgehead atoms. The van der Waals surface area contributed by atoms with E-state index in [9.17, 15) is 14.0 Å². The number of fused-ring (bicyclic) bond motifs is 1. The maximum atomic E-state index is 14.4. The second-order valence-corrected chi connectivity index (χ2v) is 12.1. The summed E-state index contributed by atoms with van der Waals surface area (Å²) in [5, 5.41) is 12.7. The molecule has 1 aliphatic carbocycles. The predicted molar refractivity (Wildman–Crippen MR) is 158 cm³/mol. The van der Waals surface area contributed by atoms with Crippen molar-refractivity contribution >= 4 is 22.9 Å². The number of benzene rings is 1. The zero-order valence-electron chi connectivity index (χ0n) is 24.4. The molecule has 2 amide bonds. The molecule has 1 saturated carbocycles. The average molecular weight is 564 g/mol. The summed E-state index contributed by atoms with van der Waals surface area (Å²) in [7, 11) is 1.75. The lowest BCUT2D eigenvalue weighted by atomic mass is 9.83. The Morgan fingerprint density at radius 1 is 1.12 bits per heavy atom. The van der Waals surface area contributed by atoms with Gasteiger partial charge in [0.1, 0.15) is 5.82 Å². The summed E-state index contributed by atoms with van der Waals surface area (Å²) in [6.45, 7) is 7.06. The van der Waals surface area contributed by atoms with Crippen molar-refractivity contribution in [2.24, 2.45) is 5.92 Å². The smallest absolute Gasteiger partial charge is 0.404 e. The van der Waals surface area contributed by atoms with Gasteiger partial charge in [0.05, 0.1) is 23.0 Å². The van der Waals surface area contributed by atoms with Gasteiger partial charge in [-0.2, -0.15) is 0 Å². The van der Waals surface area contributed by atoms with E-state index < -0.39 is 11.9 Å². The number of nitrogens with one attached hydrogen (secondary N) is 1.